The van der Waals surface area contributed by atoms with Gasteiger partial charge in [0.1, 0.15) is 67.0 Å². The highest BCUT2D eigenvalue weighted by atomic mass is 32.1. The van der Waals surface area contributed by atoms with Crippen LogP contribution in [0.4, 0.5) is 0 Å². The minimum atomic E-state index is -0.536. The fraction of sp³-hybridized carbons (Fsp3) is 0.214. The van der Waals surface area contributed by atoms with E-state index in [-0.39, 0.29) is 18.3 Å². The van der Waals surface area contributed by atoms with Crippen molar-refractivity contribution in [2.24, 2.45) is 0 Å². The van der Waals surface area contributed by atoms with Crippen molar-refractivity contribution in [1.82, 2.24) is 0 Å². The van der Waals surface area contributed by atoms with E-state index >= 15 is 0 Å². The smallest absolute Gasteiger partial charge is 0.456 e. The third kappa shape index (κ3) is 11.1. The molecule has 4 saturated heterocycles. The van der Waals surface area contributed by atoms with Crippen molar-refractivity contribution >= 4 is 371 Å². The van der Waals surface area contributed by atoms with Crippen LogP contribution in [0.2, 0.25) is 0 Å². The summed E-state index contributed by atoms with van der Waals surface area (Å²) >= 11 is 11.3. The van der Waals surface area contributed by atoms with Gasteiger partial charge in [0.25, 0.3) is 0 Å². The van der Waals surface area contributed by atoms with Gasteiger partial charge in [0, 0.05) is 159 Å². The van der Waals surface area contributed by atoms with Gasteiger partial charge in [-0.1, -0.05) is 121 Å². The van der Waals surface area contributed by atoms with E-state index in [1.807, 2.05) is 105 Å². The lowest BCUT2D eigenvalue weighted by Crippen LogP contribution is -2.41. The van der Waals surface area contributed by atoms with Crippen molar-refractivity contribution in [3.63, 3.8) is 0 Å². The van der Waals surface area contributed by atoms with Gasteiger partial charge in [-0.05, 0) is 240 Å². The molecule has 0 amide bonds. The zero-order valence-electron chi connectivity index (χ0n) is 77.3. The summed E-state index contributed by atoms with van der Waals surface area (Å²) in [6, 6.07) is 77.4. The van der Waals surface area contributed by atoms with Gasteiger partial charge in [-0.15, -0.1) is 68.0 Å². The molecular formula is C112H84B4O14S6. The summed E-state index contributed by atoms with van der Waals surface area (Å²) in [5, 5.41) is 28.8. The van der Waals surface area contributed by atoms with Gasteiger partial charge in [-0.25, -0.2) is 0 Å². The molecule has 664 valence electrons. The van der Waals surface area contributed by atoms with Crippen LogP contribution in [0.15, 0.2) is 245 Å². The summed E-state index contributed by atoms with van der Waals surface area (Å²) in [5.41, 5.74) is 10.5. The number of benzene rings is 16. The highest BCUT2D eigenvalue weighted by Gasteiger charge is 2.57. The Hall–Kier alpha value is -11.4. The highest BCUT2D eigenvalue weighted by molar-refractivity contribution is 7.33. The number of thiophene rings is 4. The molecule has 32 rings (SSSR count). The van der Waals surface area contributed by atoms with Crippen LogP contribution in [0.25, 0.3) is 253 Å². The van der Waals surface area contributed by atoms with Crippen LogP contribution in [0, 0.1) is 0 Å². The Morgan fingerprint density at radius 1 is 0.176 bits per heavy atom. The fourth-order valence-corrected chi connectivity index (χ4v) is 29.3. The molecule has 4 aliphatic heterocycles. The first-order chi connectivity index (χ1) is 65.3. The average Bonchev–Trinajstić information content (AvgIpc) is 1.55. The second-order valence-corrected chi connectivity index (χ2v) is 47.9. The lowest BCUT2D eigenvalue weighted by atomic mass is 9.78. The van der Waals surface area contributed by atoms with Crippen LogP contribution in [0.3, 0.4) is 0 Å². The number of rotatable bonds is 4. The molecule has 136 heavy (non-hydrogen) atoms. The second-order valence-electron chi connectivity index (χ2n) is 41.5. The van der Waals surface area contributed by atoms with Crippen LogP contribution in [0.5, 0.6) is 0 Å². The highest BCUT2D eigenvalue weighted by Crippen LogP contribution is 2.57. The Morgan fingerprint density at radius 2 is 0.419 bits per heavy atom. The molecule has 0 unspecified atom stereocenters. The SMILES string of the molecule is CC1(C)OB(c2ccc3oc4c5ccccc5cc5oc6ccc7oc2c3c7c6c54)OC1(C)C.CC1(C)OB(c2ccc3oc4c5ccccc5cc5sc6ccc7oc2c3c7c6c54)OC1(C)C.CC1(C)OB(c2ccc3sc4c5ccccc5cc5sc6ccc7oc2c3c7c6c54)OC1(C)C.CC1(C)OB(c2ccc3sc4c5ccccc5cc5sc6ccc7sc2c3c7c6c54)OC1(C)C. The number of hydrogen-bond acceptors (Lipinski definition) is 20. The van der Waals surface area contributed by atoms with Crippen molar-refractivity contribution in [2.75, 3.05) is 0 Å². The fourth-order valence-electron chi connectivity index (χ4n) is 21.8. The largest absolute Gasteiger partial charge is 0.498 e. The Morgan fingerprint density at radius 3 is 0.868 bits per heavy atom. The van der Waals surface area contributed by atoms with Crippen molar-refractivity contribution in [2.45, 2.75) is 156 Å². The molecule has 28 aromatic rings. The molecule has 0 radical (unpaired) electrons. The Bertz CT molecular complexity index is 8820. The number of hydrogen-bond donors (Lipinski definition) is 0. The summed E-state index contributed by atoms with van der Waals surface area (Å²) in [6.07, 6.45) is 0. The van der Waals surface area contributed by atoms with E-state index in [4.69, 9.17) is 63.7 Å². The van der Waals surface area contributed by atoms with Crippen molar-refractivity contribution in [3.8, 4) is 0 Å². The summed E-state index contributed by atoms with van der Waals surface area (Å²) < 4.78 is 107. The maximum absolute atomic E-state index is 6.75. The zero-order chi connectivity index (χ0) is 91.9. The van der Waals surface area contributed by atoms with Crippen LogP contribution in [-0.2, 0) is 37.2 Å². The van der Waals surface area contributed by atoms with Gasteiger partial charge in [0.2, 0.25) is 0 Å². The van der Waals surface area contributed by atoms with Crippen molar-refractivity contribution in [3.05, 3.63) is 218 Å². The topological polar surface area (TPSA) is 153 Å². The van der Waals surface area contributed by atoms with E-state index in [2.05, 4.69) is 281 Å². The Kier molecular flexibility index (Phi) is 16.5. The minimum Gasteiger partial charge on any atom is -0.456 e. The van der Waals surface area contributed by atoms with Gasteiger partial charge in [-0.2, -0.15) is 0 Å². The Balaban J connectivity index is 0.0000000879. The molecule has 16 heterocycles. The zero-order valence-corrected chi connectivity index (χ0v) is 82.2. The molecule has 4 aliphatic rings. The van der Waals surface area contributed by atoms with Gasteiger partial charge < -0.3 is 63.7 Å². The monoisotopic (exact) mass is 1890 g/mol. The second kappa shape index (κ2) is 27.4. The van der Waals surface area contributed by atoms with E-state index in [1.165, 1.54) is 137 Å². The Labute approximate surface area is 802 Å². The van der Waals surface area contributed by atoms with Gasteiger partial charge >= 0.3 is 28.5 Å². The summed E-state index contributed by atoms with van der Waals surface area (Å²) in [7, 11) is -1.87. The maximum atomic E-state index is 6.75. The predicted molar refractivity (Wildman–Crippen MR) is 574 cm³/mol. The third-order valence-electron chi connectivity index (χ3n) is 31.6. The first-order valence-electron chi connectivity index (χ1n) is 46.5. The molecule has 0 atom stereocenters. The summed E-state index contributed by atoms with van der Waals surface area (Å²) in [4.78, 5) is 0. The van der Waals surface area contributed by atoms with Crippen LogP contribution < -0.4 is 21.9 Å². The molecule has 0 bridgehead atoms. The first kappa shape index (κ1) is 81.8. The quantitative estimate of drug-likeness (QED) is 0.154. The van der Waals surface area contributed by atoms with E-state index in [9.17, 15) is 0 Å². The molecular weight excluding hydrogens is 1800 g/mol. The molecule has 0 aliphatic carbocycles. The lowest BCUT2D eigenvalue weighted by molar-refractivity contribution is 0.00578. The molecule has 12 aromatic heterocycles. The van der Waals surface area contributed by atoms with Crippen LogP contribution in [0.1, 0.15) is 111 Å². The van der Waals surface area contributed by atoms with E-state index in [0.29, 0.717) is 0 Å². The molecule has 4 fully saturated rings. The predicted octanol–water partition coefficient (Wildman–Crippen LogP) is 31.3. The van der Waals surface area contributed by atoms with E-state index in [1.54, 1.807) is 11.3 Å². The first-order valence-corrected chi connectivity index (χ1v) is 51.4. The summed E-state index contributed by atoms with van der Waals surface area (Å²) in [5.74, 6) is 0. The van der Waals surface area contributed by atoms with Gasteiger partial charge in [-0.3, -0.25) is 0 Å². The van der Waals surface area contributed by atoms with E-state index < -0.39 is 55.0 Å². The number of fused-ring (bicyclic) bond motifs is 8. The standard InChI is InChI=1S/C28H21BO5.C28H21BO4S.C28H21BO3S2.C28H21BO2S3/c1-27(2)28(3,4)34-29(33-27)16-9-10-19-23-22-18(32-26(16)23)12-11-17-21(22)24-20(30-17)13-14-7-5-6-8-15(14)25(24)31-19;1-27(2)28(3,4)33-29(32-27)16-9-10-18-22-21-17(31-26(16)22)11-12-19-23(21)24-20(34-19)13-14-7-5-6-8-15(14)25(24)30-18;1-27(2)28(3,4)32-29(31-27)16-9-11-19-23-21-17(30-25(16)23)10-12-18-22(21)24-20(33-18)13-14-7-5-6-8-15(14)26(24)34-19;1-27(2)28(3,4)31-29(30-27)16-9-10-19-23-22-18(34-26(16)23)12-11-17-21(22)24-20(32-17)13-14-7-5-6-8-15(14)25(24)33-19/h4*5-13H,1-4H3. The van der Waals surface area contributed by atoms with E-state index in [0.717, 1.165) is 137 Å². The molecule has 16 aromatic carbocycles. The van der Waals surface area contributed by atoms with Crippen LogP contribution >= 0.6 is 68.0 Å². The average molecular weight is 1890 g/mol. The van der Waals surface area contributed by atoms with Gasteiger partial charge in [0.05, 0.1) is 61.0 Å². The molecule has 0 N–H and O–H groups in total. The molecule has 0 saturated carbocycles. The van der Waals surface area contributed by atoms with Crippen LogP contribution in [-0.4, -0.2) is 73.3 Å². The minimum absolute atomic E-state index is 0.357. The normalized spacial score (nSPS) is 18.2. The van der Waals surface area contributed by atoms with Crippen molar-refractivity contribution < 1.29 is 63.7 Å². The third-order valence-corrected chi connectivity index (χ3v) is 38.5. The lowest BCUT2D eigenvalue weighted by Gasteiger charge is -2.32. The maximum Gasteiger partial charge on any atom is 0.498 e. The summed E-state index contributed by atoms with van der Waals surface area (Å²) in [6.45, 7) is 33.4. The molecule has 0 spiro atoms. The number of furan rings is 4. The molecule has 14 nitrogen and oxygen atoms in total. The molecule has 24 heteroatoms. The van der Waals surface area contributed by atoms with Crippen molar-refractivity contribution in [1.29, 1.82) is 0 Å². The van der Waals surface area contributed by atoms with Gasteiger partial charge in [0.15, 0.2) is 0 Å².